The number of carbonyl (C=O) groups is 2. The summed E-state index contributed by atoms with van der Waals surface area (Å²) in [4.78, 5) is 26.3. The van der Waals surface area contributed by atoms with Crippen molar-refractivity contribution in [3.63, 3.8) is 0 Å². The van der Waals surface area contributed by atoms with Gasteiger partial charge in [0.15, 0.2) is 11.6 Å². The molecule has 1 aliphatic rings. The monoisotopic (exact) mass is 406 g/mol. The molecule has 0 bridgehead atoms. The molecule has 1 saturated heterocycles. The lowest BCUT2D eigenvalue weighted by molar-refractivity contribution is -0.133. The number of aryl methyl sites for hydroxylation is 1. The molecule has 0 unspecified atom stereocenters. The Bertz CT molecular complexity index is 830. The molecule has 1 fully saturated rings. The fraction of sp³-hybridized carbons (Fsp3) is 0.526. The number of piperidine rings is 1. The molecule has 3 rings (SSSR count). The maximum Gasteiger partial charge on any atom is 0.224 e. The molecule has 0 saturated carbocycles. The summed E-state index contributed by atoms with van der Waals surface area (Å²) in [6, 6.07) is 3.57. The van der Waals surface area contributed by atoms with Crippen molar-refractivity contribution in [3.8, 4) is 0 Å². The van der Waals surface area contributed by atoms with Crippen LogP contribution in [0.25, 0.3) is 0 Å². The van der Waals surface area contributed by atoms with Gasteiger partial charge in [0.1, 0.15) is 6.33 Å². The van der Waals surface area contributed by atoms with E-state index in [2.05, 4.69) is 20.8 Å². The Morgan fingerprint density at radius 2 is 2.07 bits per heavy atom. The van der Waals surface area contributed by atoms with Crippen molar-refractivity contribution < 1.29 is 18.4 Å². The smallest absolute Gasteiger partial charge is 0.224 e. The first-order chi connectivity index (χ1) is 14.0. The summed E-state index contributed by atoms with van der Waals surface area (Å²) in [5.41, 5.74) is 0.509. The lowest BCUT2D eigenvalue weighted by Crippen LogP contribution is -2.40. The van der Waals surface area contributed by atoms with E-state index in [0.717, 1.165) is 31.5 Å². The van der Waals surface area contributed by atoms with E-state index in [1.165, 1.54) is 17.1 Å². The number of hydrogen-bond acceptors (Lipinski definition) is 5. The standard InChI is InChI=1S/C19H24F2N6O2/c20-16-5-3-15(10-17(16)21)11-22-18(28)6-4-14-2-1-8-26(12-14)19(29)7-9-27-13-23-24-25-27/h3,5,10,13-14H,1-2,4,6-9,11-12H2,(H,22,28)/t14-/m1/s1. The molecule has 1 aromatic heterocycles. The third kappa shape index (κ3) is 6.30. The largest absolute Gasteiger partial charge is 0.352 e. The first kappa shape index (κ1) is 20.8. The van der Waals surface area contributed by atoms with E-state index >= 15 is 0 Å². The van der Waals surface area contributed by atoms with Gasteiger partial charge in [-0.1, -0.05) is 6.07 Å². The lowest BCUT2D eigenvalue weighted by atomic mass is 9.93. The molecule has 1 N–H and O–H groups in total. The van der Waals surface area contributed by atoms with Crippen molar-refractivity contribution >= 4 is 11.8 Å². The number of rotatable bonds is 8. The first-order valence-electron chi connectivity index (χ1n) is 9.70. The average Bonchev–Trinajstić information content (AvgIpc) is 3.25. The van der Waals surface area contributed by atoms with Gasteiger partial charge in [0, 0.05) is 32.5 Å². The third-order valence-corrected chi connectivity index (χ3v) is 5.07. The van der Waals surface area contributed by atoms with E-state index in [4.69, 9.17) is 0 Å². The van der Waals surface area contributed by atoms with Crippen molar-refractivity contribution in [1.82, 2.24) is 30.4 Å². The summed E-state index contributed by atoms with van der Waals surface area (Å²) in [7, 11) is 0. The molecule has 1 aliphatic heterocycles. The van der Waals surface area contributed by atoms with Crippen LogP contribution in [0.15, 0.2) is 24.5 Å². The van der Waals surface area contributed by atoms with Crippen molar-refractivity contribution in [2.75, 3.05) is 13.1 Å². The summed E-state index contributed by atoms with van der Waals surface area (Å²) < 4.78 is 27.7. The lowest BCUT2D eigenvalue weighted by Gasteiger charge is -2.32. The predicted octanol–water partition coefficient (Wildman–Crippen LogP) is 1.68. The van der Waals surface area contributed by atoms with E-state index in [0.29, 0.717) is 37.9 Å². The van der Waals surface area contributed by atoms with Crippen LogP contribution >= 0.6 is 0 Å². The van der Waals surface area contributed by atoms with Gasteiger partial charge in [-0.25, -0.2) is 13.5 Å². The Hall–Kier alpha value is -2.91. The Labute approximate surface area is 167 Å². The van der Waals surface area contributed by atoms with Gasteiger partial charge >= 0.3 is 0 Å². The molecule has 8 nitrogen and oxygen atoms in total. The SMILES string of the molecule is O=C(CC[C@H]1CCCN(C(=O)CCn2cnnn2)C1)NCc1ccc(F)c(F)c1. The molecule has 2 heterocycles. The zero-order valence-corrected chi connectivity index (χ0v) is 16.1. The number of hydrogen-bond donors (Lipinski definition) is 1. The van der Waals surface area contributed by atoms with Crippen LogP contribution in [0.2, 0.25) is 0 Å². The number of carbonyl (C=O) groups excluding carboxylic acids is 2. The van der Waals surface area contributed by atoms with E-state index in [1.54, 1.807) is 0 Å². The second-order valence-corrected chi connectivity index (χ2v) is 7.23. The zero-order valence-electron chi connectivity index (χ0n) is 16.1. The van der Waals surface area contributed by atoms with Crippen molar-refractivity contribution in [1.29, 1.82) is 0 Å². The van der Waals surface area contributed by atoms with E-state index in [-0.39, 0.29) is 24.3 Å². The highest BCUT2D eigenvalue weighted by atomic mass is 19.2. The normalized spacial score (nSPS) is 16.6. The molecule has 0 spiro atoms. The predicted molar refractivity (Wildman–Crippen MR) is 99.2 cm³/mol. The summed E-state index contributed by atoms with van der Waals surface area (Å²) >= 11 is 0. The van der Waals surface area contributed by atoms with Crippen LogP contribution < -0.4 is 5.32 Å². The topological polar surface area (TPSA) is 93.0 Å². The number of likely N-dealkylation sites (tertiary alicyclic amines) is 1. The van der Waals surface area contributed by atoms with Gasteiger partial charge in [-0.2, -0.15) is 0 Å². The number of amides is 2. The first-order valence-corrected chi connectivity index (χ1v) is 9.70. The number of tetrazole rings is 1. The van der Waals surface area contributed by atoms with Gasteiger partial charge in [0.2, 0.25) is 11.8 Å². The highest BCUT2D eigenvalue weighted by Crippen LogP contribution is 2.21. The number of benzene rings is 1. The average molecular weight is 406 g/mol. The number of aromatic nitrogens is 4. The number of halogens is 2. The minimum atomic E-state index is -0.927. The van der Waals surface area contributed by atoms with Crippen LogP contribution in [0.5, 0.6) is 0 Å². The second kappa shape index (κ2) is 10.0. The van der Waals surface area contributed by atoms with Crippen LogP contribution in [-0.4, -0.2) is 50.0 Å². The van der Waals surface area contributed by atoms with Gasteiger partial charge in [-0.15, -0.1) is 5.10 Å². The second-order valence-electron chi connectivity index (χ2n) is 7.23. The van der Waals surface area contributed by atoms with Crippen LogP contribution in [0.3, 0.4) is 0 Å². The summed E-state index contributed by atoms with van der Waals surface area (Å²) in [5.74, 6) is -1.64. The third-order valence-electron chi connectivity index (χ3n) is 5.07. The van der Waals surface area contributed by atoms with Gasteiger partial charge in [-0.05, 0) is 53.3 Å². The number of nitrogens with one attached hydrogen (secondary N) is 1. The Balaban J connectivity index is 1.37. The van der Waals surface area contributed by atoms with E-state index < -0.39 is 11.6 Å². The fourth-order valence-corrected chi connectivity index (χ4v) is 3.45. The Morgan fingerprint density at radius 3 is 2.83 bits per heavy atom. The van der Waals surface area contributed by atoms with Crippen LogP contribution in [0, 0.1) is 17.6 Å². The zero-order chi connectivity index (χ0) is 20.6. The minimum Gasteiger partial charge on any atom is -0.352 e. The number of nitrogens with zero attached hydrogens (tertiary/aromatic N) is 5. The summed E-state index contributed by atoms with van der Waals surface area (Å²) in [5, 5.41) is 13.6. The molecule has 1 aromatic carbocycles. The highest BCUT2D eigenvalue weighted by Gasteiger charge is 2.24. The van der Waals surface area contributed by atoms with E-state index in [1.807, 2.05) is 4.90 Å². The quantitative estimate of drug-likeness (QED) is 0.720. The molecular formula is C19H24F2N6O2. The minimum absolute atomic E-state index is 0.0630. The Morgan fingerprint density at radius 1 is 1.21 bits per heavy atom. The van der Waals surface area contributed by atoms with Crippen molar-refractivity contribution in [2.24, 2.45) is 5.92 Å². The molecule has 10 heteroatoms. The summed E-state index contributed by atoms with van der Waals surface area (Å²) in [6.07, 6.45) is 4.73. The molecular weight excluding hydrogens is 382 g/mol. The molecule has 1 atom stereocenters. The summed E-state index contributed by atoms with van der Waals surface area (Å²) in [6.45, 7) is 1.97. The van der Waals surface area contributed by atoms with Crippen molar-refractivity contribution in [2.45, 2.75) is 45.2 Å². The molecule has 2 amide bonds. The van der Waals surface area contributed by atoms with E-state index in [9.17, 15) is 18.4 Å². The molecule has 2 aromatic rings. The van der Waals surface area contributed by atoms with Gasteiger partial charge in [0.25, 0.3) is 0 Å². The molecule has 0 radical (unpaired) electrons. The fourth-order valence-electron chi connectivity index (χ4n) is 3.45. The highest BCUT2D eigenvalue weighted by molar-refractivity contribution is 5.76. The van der Waals surface area contributed by atoms with Gasteiger partial charge in [-0.3, -0.25) is 9.59 Å². The maximum absolute atomic E-state index is 13.2. The molecule has 29 heavy (non-hydrogen) atoms. The van der Waals surface area contributed by atoms with Crippen molar-refractivity contribution in [3.05, 3.63) is 41.7 Å². The van der Waals surface area contributed by atoms with Crippen LogP contribution in [0.1, 0.15) is 37.7 Å². The van der Waals surface area contributed by atoms with Gasteiger partial charge in [0.05, 0.1) is 6.54 Å². The maximum atomic E-state index is 13.2. The van der Waals surface area contributed by atoms with Crippen LogP contribution in [0.4, 0.5) is 8.78 Å². The van der Waals surface area contributed by atoms with Gasteiger partial charge < -0.3 is 10.2 Å². The molecule has 156 valence electrons. The molecule has 0 aliphatic carbocycles. The Kier molecular flexibility index (Phi) is 7.20. The van der Waals surface area contributed by atoms with Crippen LogP contribution in [-0.2, 0) is 22.7 Å².